The van der Waals surface area contributed by atoms with Crippen LogP contribution in [0, 0.1) is 0 Å². The van der Waals surface area contributed by atoms with Gasteiger partial charge in [-0.2, -0.15) is 0 Å². The van der Waals surface area contributed by atoms with E-state index in [9.17, 15) is 9.59 Å². The summed E-state index contributed by atoms with van der Waals surface area (Å²) in [7, 11) is 0. The van der Waals surface area contributed by atoms with Gasteiger partial charge in [-0.15, -0.1) is 6.58 Å². The first-order valence-electron chi connectivity index (χ1n) is 3.57. The Morgan fingerprint density at radius 3 is 2.83 bits per heavy atom. The van der Waals surface area contributed by atoms with Crippen molar-refractivity contribution < 1.29 is 9.59 Å². The standard InChI is InChI=1S/C9H9NO2/c1-2-5-10-8-6-7(11)3-4-9(8)12/h2-4,6,10H,1,5H2. The van der Waals surface area contributed by atoms with Crippen molar-refractivity contribution in [2.75, 3.05) is 6.54 Å². The maximum atomic E-state index is 11.0. The van der Waals surface area contributed by atoms with E-state index in [2.05, 4.69) is 11.9 Å². The topological polar surface area (TPSA) is 46.2 Å². The summed E-state index contributed by atoms with van der Waals surface area (Å²) in [6, 6.07) is 0. The second-order valence-electron chi connectivity index (χ2n) is 2.33. The van der Waals surface area contributed by atoms with Gasteiger partial charge in [0.1, 0.15) is 0 Å². The highest BCUT2D eigenvalue weighted by molar-refractivity contribution is 6.16. The van der Waals surface area contributed by atoms with Crippen molar-refractivity contribution in [3.05, 3.63) is 36.6 Å². The van der Waals surface area contributed by atoms with E-state index in [-0.39, 0.29) is 11.6 Å². The minimum atomic E-state index is -0.170. The Morgan fingerprint density at radius 2 is 2.17 bits per heavy atom. The second-order valence-corrected chi connectivity index (χ2v) is 2.33. The molecule has 0 saturated heterocycles. The number of carbonyl (C=O) groups is 2. The van der Waals surface area contributed by atoms with E-state index in [1.165, 1.54) is 18.2 Å². The van der Waals surface area contributed by atoms with Crippen LogP contribution in [0.4, 0.5) is 0 Å². The van der Waals surface area contributed by atoms with E-state index in [0.29, 0.717) is 12.2 Å². The molecule has 0 aliphatic heterocycles. The smallest absolute Gasteiger partial charge is 0.201 e. The van der Waals surface area contributed by atoms with Gasteiger partial charge < -0.3 is 5.32 Å². The fourth-order valence-corrected chi connectivity index (χ4v) is 0.829. The van der Waals surface area contributed by atoms with Gasteiger partial charge in [-0.1, -0.05) is 6.08 Å². The van der Waals surface area contributed by atoms with Crippen LogP contribution in [-0.2, 0) is 9.59 Å². The number of carbonyl (C=O) groups excluding carboxylic acids is 2. The maximum absolute atomic E-state index is 11.0. The number of allylic oxidation sites excluding steroid dienone is 3. The molecule has 0 heterocycles. The van der Waals surface area contributed by atoms with Crippen molar-refractivity contribution in [2.45, 2.75) is 0 Å². The molecule has 1 rings (SSSR count). The maximum Gasteiger partial charge on any atom is 0.201 e. The van der Waals surface area contributed by atoms with Crippen molar-refractivity contribution >= 4 is 11.6 Å². The zero-order chi connectivity index (χ0) is 8.97. The Balaban J connectivity index is 2.67. The summed E-state index contributed by atoms with van der Waals surface area (Å²) >= 11 is 0. The molecule has 0 fully saturated rings. The van der Waals surface area contributed by atoms with Gasteiger partial charge in [0.25, 0.3) is 0 Å². The van der Waals surface area contributed by atoms with Gasteiger partial charge >= 0.3 is 0 Å². The molecular formula is C9H9NO2. The highest BCUT2D eigenvalue weighted by Crippen LogP contribution is 2.00. The molecule has 1 aliphatic carbocycles. The largest absolute Gasteiger partial charge is 0.378 e. The highest BCUT2D eigenvalue weighted by Gasteiger charge is 2.11. The van der Waals surface area contributed by atoms with Crippen molar-refractivity contribution in [1.82, 2.24) is 5.32 Å². The summed E-state index contributed by atoms with van der Waals surface area (Å²) in [4.78, 5) is 21.8. The van der Waals surface area contributed by atoms with E-state index >= 15 is 0 Å². The lowest BCUT2D eigenvalue weighted by atomic mass is 10.1. The van der Waals surface area contributed by atoms with Crippen LogP contribution in [0.3, 0.4) is 0 Å². The van der Waals surface area contributed by atoms with Crippen LogP contribution in [-0.4, -0.2) is 18.1 Å². The van der Waals surface area contributed by atoms with E-state index in [0.717, 1.165) is 0 Å². The Bertz CT molecular complexity index is 287. The molecule has 12 heavy (non-hydrogen) atoms. The Morgan fingerprint density at radius 1 is 1.42 bits per heavy atom. The summed E-state index contributed by atoms with van der Waals surface area (Å²) in [6.07, 6.45) is 5.41. The fourth-order valence-electron chi connectivity index (χ4n) is 0.829. The summed E-state index contributed by atoms with van der Waals surface area (Å²) in [5, 5.41) is 2.77. The SMILES string of the molecule is C=CCNC1=CC(=O)C=CC1=O. The molecule has 0 amide bonds. The fraction of sp³-hybridized carbons (Fsp3) is 0.111. The number of hydrogen-bond donors (Lipinski definition) is 1. The molecule has 0 aromatic rings. The Labute approximate surface area is 70.5 Å². The van der Waals surface area contributed by atoms with Gasteiger partial charge in [-0.25, -0.2) is 0 Å². The molecule has 1 N–H and O–H groups in total. The molecule has 0 radical (unpaired) electrons. The molecule has 0 spiro atoms. The molecule has 1 aliphatic rings. The highest BCUT2D eigenvalue weighted by atomic mass is 16.1. The van der Waals surface area contributed by atoms with Gasteiger partial charge in [-0.05, 0) is 12.2 Å². The number of nitrogens with one attached hydrogen (secondary N) is 1. The predicted molar refractivity (Wildman–Crippen MR) is 45.4 cm³/mol. The second kappa shape index (κ2) is 3.67. The van der Waals surface area contributed by atoms with Crippen LogP contribution in [0.1, 0.15) is 0 Å². The number of hydrogen-bond acceptors (Lipinski definition) is 3. The molecular weight excluding hydrogens is 154 g/mol. The quantitative estimate of drug-likeness (QED) is 0.482. The van der Waals surface area contributed by atoms with Crippen LogP contribution >= 0.6 is 0 Å². The van der Waals surface area contributed by atoms with Crippen LogP contribution in [0.5, 0.6) is 0 Å². The molecule has 3 nitrogen and oxygen atoms in total. The average molecular weight is 163 g/mol. The monoisotopic (exact) mass is 163 g/mol. The summed E-state index contributed by atoms with van der Waals surface area (Å²) < 4.78 is 0. The lowest BCUT2D eigenvalue weighted by Gasteiger charge is -2.06. The normalized spacial score (nSPS) is 15.8. The third-order valence-electron chi connectivity index (χ3n) is 1.39. The molecule has 0 aromatic heterocycles. The van der Waals surface area contributed by atoms with Crippen LogP contribution in [0.25, 0.3) is 0 Å². The van der Waals surface area contributed by atoms with Gasteiger partial charge in [-0.3, -0.25) is 9.59 Å². The van der Waals surface area contributed by atoms with Crippen LogP contribution < -0.4 is 5.32 Å². The summed E-state index contributed by atoms with van der Waals surface area (Å²) in [5.74, 6) is -0.336. The zero-order valence-electron chi connectivity index (χ0n) is 6.54. The number of ketones is 2. The molecule has 0 saturated carbocycles. The van der Waals surface area contributed by atoms with E-state index in [1.807, 2.05) is 0 Å². The van der Waals surface area contributed by atoms with Crippen molar-refractivity contribution in [3.63, 3.8) is 0 Å². The minimum absolute atomic E-state index is 0.166. The molecule has 0 aromatic carbocycles. The number of rotatable bonds is 3. The van der Waals surface area contributed by atoms with Crippen molar-refractivity contribution in [2.24, 2.45) is 0 Å². The van der Waals surface area contributed by atoms with Gasteiger partial charge in [0.2, 0.25) is 5.78 Å². The molecule has 3 heteroatoms. The van der Waals surface area contributed by atoms with Crippen LogP contribution in [0.15, 0.2) is 36.6 Å². The van der Waals surface area contributed by atoms with E-state index in [1.54, 1.807) is 6.08 Å². The summed E-state index contributed by atoms with van der Waals surface area (Å²) in [6.45, 7) is 3.97. The van der Waals surface area contributed by atoms with Gasteiger partial charge in [0, 0.05) is 12.6 Å². The third kappa shape index (κ3) is 1.92. The lowest BCUT2D eigenvalue weighted by molar-refractivity contribution is -0.114. The first-order valence-corrected chi connectivity index (χ1v) is 3.57. The molecule has 0 unspecified atom stereocenters. The zero-order valence-corrected chi connectivity index (χ0v) is 6.54. The average Bonchev–Trinajstić information content (AvgIpc) is 2.07. The Hall–Kier alpha value is -1.64. The lowest BCUT2D eigenvalue weighted by Crippen LogP contribution is -2.22. The van der Waals surface area contributed by atoms with E-state index in [4.69, 9.17) is 0 Å². The van der Waals surface area contributed by atoms with Crippen molar-refractivity contribution in [3.8, 4) is 0 Å². The minimum Gasteiger partial charge on any atom is -0.378 e. The molecule has 0 bridgehead atoms. The molecule has 0 atom stereocenters. The first kappa shape index (κ1) is 8.46. The third-order valence-corrected chi connectivity index (χ3v) is 1.39. The van der Waals surface area contributed by atoms with Gasteiger partial charge in [0.15, 0.2) is 5.78 Å². The predicted octanol–water partition coefficient (Wildman–Crippen LogP) is 0.354. The van der Waals surface area contributed by atoms with Gasteiger partial charge in [0.05, 0.1) is 5.70 Å². The Kier molecular flexibility index (Phi) is 2.58. The van der Waals surface area contributed by atoms with Crippen LogP contribution in [0.2, 0.25) is 0 Å². The molecule has 62 valence electrons. The van der Waals surface area contributed by atoms with Crippen molar-refractivity contribution in [1.29, 1.82) is 0 Å². The summed E-state index contributed by atoms with van der Waals surface area (Å²) in [5.41, 5.74) is 0.336. The first-order chi connectivity index (χ1) is 5.74. The van der Waals surface area contributed by atoms with E-state index < -0.39 is 0 Å².